The predicted molar refractivity (Wildman–Crippen MR) is 76.2 cm³/mol. The number of carbonyl (C=O) groups is 1. The van der Waals surface area contributed by atoms with E-state index in [1.54, 1.807) is 6.07 Å². The van der Waals surface area contributed by atoms with Gasteiger partial charge in [0.1, 0.15) is 5.82 Å². The van der Waals surface area contributed by atoms with E-state index >= 15 is 0 Å². The van der Waals surface area contributed by atoms with E-state index in [0.717, 1.165) is 25.5 Å². The third-order valence-corrected chi connectivity index (χ3v) is 3.37. The molecule has 0 spiro atoms. The zero-order valence-corrected chi connectivity index (χ0v) is 12.2. The monoisotopic (exact) mass is 279 g/mol. The van der Waals surface area contributed by atoms with Crippen LogP contribution >= 0.6 is 0 Å². The van der Waals surface area contributed by atoms with Crippen molar-refractivity contribution in [3.05, 3.63) is 23.4 Å². The second kappa shape index (κ2) is 6.67. The average molecular weight is 279 g/mol. The van der Waals surface area contributed by atoms with Crippen LogP contribution in [0.3, 0.4) is 0 Å². The SMILES string of the molecule is CNCC1CN(c2ccc(C(=O)OC)c(C)n2)CCO1. The van der Waals surface area contributed by atoms with Gasteiger partial charge in [-0.25, -0.2) is 9.78 Å². The number of morpholine rings is 1. The maximum absolute atomic E-state index is 11.6. The number of rotatable bonds is 4. The summed E-state index contributed by atoms with van der Waals surface area (Å²) in [6.07, 6.45) is 0.163. The molecule has 6 nitrogen and oxygen atoms in total. The highest BCUT2D eigenvalue weighted by molar-refractivity contribution is 5.90. The Morgan fingerprint density at radius 3 is 3.05 bits per heavy atom. The highest BCUT2D eigenvalue weighted by Crippen LogP contribution is 2.18. The van der Waals surface area contributed by atoms with Crippen molar-refractivity contribution in [2.75, 3.05) is 45.3 Å². The van der Waals surface area contributed by atoms with E-state index in [9.17, 15) is 4.79 Å². The van der Waals surface area contributed by atoms with Crippen LogP contribution in [0.1, 0.15) is 16.1 Å². The molecule has 0 saturated carbocycles. The molecule has 2 rings (SSSR count). The summed E-state index contributed by atoms with van der Waals surface area (Å²) in [4.78, 5) is 18.2. The van der Waals surface area contributed by atoms with E-state index < -0.39 is 0 Å². The van der Waals surface area contributed by atoms with Crippen LogP contribution < -0.4 is 10.2 Å². The summed E-state index contributed by atoms with van der Waals surface area (Å²) in [6, 6.07) is 3.63. The molecule has 110 valence electrons. The summed E-state index contributed by atoms with van der Waals surface area (Å²) < 4.78 is 10.4. The Kier molecular flexibility index (Phi) is 4.92. The third kappa shape index (κ3) is 3.26. The van der Waals surface area contributed by atoms with Gasteiger partial charge in [0.2, 0.25) is 0 Å². The smallest absolute Gasteiger partial charge is 0.339 e. The Morgan fingerprint density at radius 1 is 1.60 bits per heavy atom. The number of likely N-dealkylation sites (N-methyl/N-ethyl adjacent to an activating group) is 1. The predicted octanol–water partition coefficient (Wildman–Crippen LogP) is 0.601. The Balaban J connectivity index is 2.12. The van der Waals surface area contributed by atoms with Gasteiger partial charge in [-0.2, -0.15) is 0 Å². The second-order valence-electron chi connectivity index (χ2n) is 4.79. The Bertz CT molecular complexity index is 477. The molecule has 1 aliphatic heterocycles. The summed E-state index contributed by atoms with van der Waals surface area (Å²) in [5.41, 5.74) is 1.20. The molecule has 6 heteroatoms. The Morgan fingerprint density at radius 2 is 2.40 bits per heavy atom. The molecule has 1 atom stereocenters. The van der Waals surface area contributed by atoms with E-state index in [1.165, 1.54) is 7.11 Å². The molecule has 1 fully saturated rings. The van der Waals surface area contributed by atoms with Gasteiger partial charge in [0, 0.05) is 19.6 Å². The summed E-state index contributed by atoms with van der Waals surface area (Å²) >= 11 is 0. The number of methoxy groups -OCH3 is 1. The first-order valence-electron chi connectivity index (χ1n) is 6.72. The van der Waals surface area contributed by atoms with E-state index in [-0.39, 0.29) is 12.1 Å². The van der Waals surface area contributed by atoms with Crippen molar-refractivity contribution in [2.24, 2.45) is 0 Å². The molecule has 0 bridgehead atoms. The van der Waals surface area contributed by atoms with Gasteiger partial charge in [0.25, 0.3) is 0 Å². The van der Waals surface area contributed by atoms with Gasteiger partial charge in [-0.3, -0.25) is 0 Å². The zero-order chi connectivity index (χ0) is 14.5. The molecule has 2 heterocycles. The van der Waals surface area contributed by atoms with Gasteiger partial charge < -0.3 is 19.7 Å². The molecule has 1 saturated heterocycles. The molecule has 20 heavy (non-hydrogen) atoms. The molecular weight excluding hydrogens is 258 g/mol. The van der Waals surface area contributed by atoms with E-state index in [4.69, 9.17) is 9.47 Å². The number of anilines is 1. The molecule has 1 aliphatic rings. The highest BCUT2D eigenvalue weighted by Gasteiger charge is 2.21. The molecule has 0 aliphatic carbocycles. The first-order chi connectivity index (χ1) is 9.65. The lowest BCUT2D eigenvalue weighted by molar-refractivity contribution is 0.0418. The van der Waals surface area contributed by atoms with Crippen molar-refractivity contribution in [3.8, 4) is 0 Å². The highest BCUT2D eigenvalue weighted by atomic mass is 16.5. The van der Waals surface area contributed by atoms with Crippen LogP contribution in [0.15, 0.2) is 12.1 Å². The van der Waals surface area contributed by atoms with Crippen LogP contribution in [0.25, 0.3) is 0 Å². The molecule has 0 amide bonds. The maximum Gasteiger partial charge on any atom is 0.339 e. The van der Waals surface area contributed by atoms with Gasteiger partial charge in [0.05, 0.1) is 31.1 Å². The summed E-state index contributed by atoms with van der Waals surface area (Å²) in [6.45, 7) is 4.93. The van der Waals surface area contributed by atoms with Crippen molar-refractivity contribution >= 4 is 11.8 Å². The van der Waals surface area contributed by atoms with Crippen molar-refractivity contribution in [3.63, 3.8) is 0 Å². The summed E-state index contributed by atoms with van der Waals surface area (Å²) in [5.74, 6) is 0.524. The number of esters is 1. The lowest BCUT2D eigenvalue weighted by atomic mass is 10.2. The summed E-state index contributed by atoms with van der Waals surface area (Å²) in [7, 11) is 3.29. The van der Waals surface area contributed by atoms with Gasteiger partial charge in [-0.1, -0.05) is 0 Å². The van der Waals surface area contributed by atoms with Gasteiger partial charge >= 0.3 is 5.97 Å². The first-order valence-corrected chi connectivity index (χ1v) is 6.72. The van der Waals surface area contributed by atoms with Crippen LogP contribution in [0.5, 0.6) is 0 Å². The van der Waals surface area contributed by atoms with Crippen molar-refractivity contribution in [1.29, 1.82) is 0 Å². The lowest BCUT2D eigenvalue weighted by Gasteiger charge is -2.33. The fourth-order valence-electron chi connectivity index (χ4n) is 2.33. The quantitative estimate of drug-likeness (QED) is 0.814. The Labute approximate surface area is 119 Å². The van der Waals surface area contributed by atoms with Crippen LogP contribution in [0, 0.1) is 6.92 Å². The van der Waals surface area contributed by atoms with Crippen LogP contribution in [-0.2, 0) is 9.47 Å². The Hall–Kier alpha value is -1.66. The molecular formula is C14H21N3O3. The van der Waals surface area contributed by atoms with Crippen LogP contribution in [-0.4, -0.2) is 57.5 Å². The second-order valence-corrected chi connectivity index (χ2v) is 4.79. The number of pyridine rings is 1. The number of ether oxygens (including phenoxy) is 2. The normalized spacial score (nSPS) is 18.9. The maximum atomic E-state index is 11.6. The molecule has 1 aromatic heterocycles. The molecule has 0 radical (unpaired) electrons. The van der Waals surface area contributed by atoms with Gasteiger partial charge in [-0.05, 0) is 26.1 Å². The number of nitrogens with zero attached hydrogens (tertiary/aromatic N) is 2. The number of aryl methyl sites for hydroxylation is 1. The average Bonchev–Trinajstić information content (AvgIpc) is 2.47. The minimum atomic E-state index is -0.350. The number of aromatic nitrogens is 1. The topological polar surface area (TPSA) is 63.7 Å². The lowest BCUT2D eigenvalue weighted by Crippen LogP contribution is -2.46. The fourth-order valence-corrected chi connectivity index (χ4v) is 2.33. The standard InChI is InChI=1S/C14H21N3O3/c1-10-12(14(18)19-3)4-5-13(16-10)17-6-7-20-11(9-17)8-15-2/h4-5,11,15H,6-9H2,1-3H3. The minimum Gasteiger partial charge on any atom is -0.465 e. The van der Waals surface area contributed by atoms with E-state index in [2.05, 4.69) is 15.2 Å². The third-order valence-electron chi connectivity index (χ3n) is 3.37. The van der Waals surface area contributed by atoms with Crippen molar-refractivity contribution < 1.29 is 14.3 Å². The van der Waals surface area contributed by atoms with Crippen molar-refractivity contribution in [1.82, 2.24) is 10.3 Å². The molecule has 1 aromatic rings. The van der Waals surface area contributed by atoms with E-state index in [0.29, 0.717) is 17.9 Å². The number of carbonyl (C=O) groups excluding carboxylic acids is 1. The van der Waals surface area contributed by atoms with Crippen LogP contribution in [0.4, 0.5) is 5.82 Å². The number of nitrogens with one attached hydrogen (secondary N) is 1. The first kappa shape index (κ1) is 14.7. The number of hydrogen-bond acceptors (Lipinski definition) is 6. The number of hydrogen-bond donors (Lipinski definition) is 1. The van der Waals surface area contributed by atoms with Crippen molar-refractivity contribution in [2.45, 2.75) is 13.0 Å². The zero-order valence-electron chi connectivity index (χ0n) is 12.2. The van der Waals surface area contributed by atoms with Gasteiger partial charge in [-0.15, -0.1) is 0 Å². The molecule has 1 N–H and O–H groups in total. The fraction of sp³-hybridized carbons (Fsp3) is 0.571. The van der Waals surface area contributed by atoms with E-state index in [1.807, 2.05) is 20.0 Å². The largest absolute Gasteiger partial charge is 0.465 e. The summed E-state index contributed by atoms with van der Waals surface area (Å²) in [5, 5.41) is 3.12. The molecule has 1 unspecified atom stereocenters. The van der Waals surface area contributed by atoms with Crippen LogP contribution in [0.2, 0.25) is 0 Å². The molecule has 0 aromatic carbocycles. The minimum absolute atomic E-state index is 0.163. The van der Waals surface area contributed by atoms with Gasteiger partial charge in [0.15, 0.2) is 0 Å².